The van der Waals surface area contributed by atoms with E-state index < -0.39 is 17.6 Å². The smallest absolute Gasteiger partial charge is 0.416 e. The number of hydrogen-bond acceptors (Lipinski definition) is 4. The van der Waals surface area contributed by atoms with E-state index in [4.69, 9.17) is 4.74 Å². The first-order chi connectivity index (χ1) is 14.3. The van der Waals surface area contributed by atoms with Crippen LogP contribution < -0.4 is 10.1 Å². The van der Waals surface area contributed by atoms with Gasteiger partial charge in [0.25, 0.3) is 5.91 Å². The number of nitrogens with one attached hydrogen (secondary N) is 2. The summed E-state index contributed by atoms with van der Waals surface area (Å²) in [6.45, 7) is 0. The number of pyridine rings is 1. The molecule has 2 N–H and O–H groups in total. The predicted molar refractivity (Wildman–Crippen MR) is 108 cm³/mol. The van der Waals surface area contributed by atoms with Gasteiger partial charge >= 0.3 is 6.18 Å². The molecule has 2 heterocycles. The molecule has 1 amide bonds. The molecule has 0 bridgehead atoms. The van der Waals surface area contributed by atoms with Crippen LogP contribution in [0.5, 0.6) is 11.5 Å². The molecule has 0 unspecified atom stereocenters. The van der Waals surface area contributed by atoms with E-state index >= 15 is 0 Å². The van der Waals surface area contributed by atoms with Crippen molar-refractivity contribution in [3.63, 3.8) is 0 Å². The van der Waals surface area contributed by atoms with Crippen LogP contribution in [0.1, 0.15) is 16.2 Å². The Balaban J connectivity index is 1.56. The largest absolute Gasteiger partial charge is 0.457 e. The summed E-state index contributed by atoms with van der Waals surface area (Å²) >= 11 is 3.08. The van der Waals surface area contributed by atoms with E-state index in [9.17, 15) is 18.0 Å². The summed E-state index contributed by atoms with van der Waals surface area (Å²) in [4.78, 5) is 23.2. The number of alkyl halides is 3. The van der Waals surface area contributed by atoms with Crippen molar-refractivity contribution in [2.45, 2.75) is 6.18 Å². The van der Waals surface area contributed by atoms with Gasteiger partial charge in [0.2, 0.25) is 0 Å². The van der Waals surface area contributed by atoms with Crippen molar-refractivity contribution in [2.24, 2.45) is 0 Å². The summed E-state index contributed by atoms with van der Waals surface area (Å²) in [5, 5.41) is 2.65. The van der Waals surface area contributed by atoms with Crippen LogP contribution >= 0.6 is 15.9 Å². The van der Waals surface area contributed by atoms with Gasteiger partial charge in [-0.05, 0) is 52.3 Å². The topological polar surface area (TPSA) is 79.9 Å². The molecule has 6 nitrogen and oxygen atoms in total. The van der Waals surface area contributed by atoms with Crippen LogP contribution in [0.2, 0.25) is 0 Å². The van der Waals surface area contributed by atoms with Gasteiger partial charge in [-0.2, -0.15) is 13.2 Å². The Morgan fingerprint density at radius 3 is 2.57 bits per heavy atom. The third kappa shape index (κ3) is 4.28. The minimum atomic E-state index is -4.51. The van der Waals surface area contributed by atoms with Crippen LogP contribution in [0.4, 0.5) is 18.9 Å². The highest BCUT2D eigenvalue weighted by atomic mass is 79.9. The van der Waals surface area contributed by atoms with Gasteiger partial charge in [0.15, 0.2) is 5.82 Å². The number of rotatable bonds is 4. The highest BCUT2D eigenvalue weighted by Crippen LogP contribution is 2.34. The number of H-pyrrole nitrogens is 1. The molecule has 2 aromatic heterocycles. The second kappa shape index (κ2) is 7.79. The highest BCUT2D eigenvalue weighted by Gasteiger charge is 2.32. The van der Waals surface area contributed by atoms with E-state index in [1.807, 2.05) is 0 Å². The number of aromatic amines is 1. The summed E-state index contributed by atoms with van der Waals surface area (Å²) in [5.41, 5.74) is -0.0972. The number of halogens is 4. The third-order valence-corrected chi connectivity index (χ3v) is 4.66. The quantitative estimate of drug-likeness (QED) is 0.391. The van der Waals surface area contributed by atoms with Crippen LogP contribution in [-0.2, 0) is 6.18 Å². The van der Waals surface area contributed by atoms with Crippen molar-refractivity contribution in [3.05, 3.63) is 76.8 Å². The summed E-state index contributed by atoms with van der Waals surface area (Å²) in [6, 6.07) is 11.9. The maximum absolute atomic E-state index is 13.0. The zero-order valence-corrected chi connectivity index (χ0v) is 16.6. The Morgan fingerprint density at radius 1 is 1.07 bits per heavy atom. The predicted octanol–water partition coefficient (Wildman–Crippen LogP) is 5.78. The monoisotopic (exact) mass is 476 g/mol. The molecule has 4 rings (SSSR count). The molecule has 30 heavy (non-hydrogen) atoms. The minimum absolute atomic E-state index is 0.0941. The van der Waals surface area contributed by atoms with Crippen molar-refractivity contribution in [3.8, 4) is 11.5 Å². The van der Waals surface area contributed by atoms with E-state index in [1.54, 1.807) is 48.8 Å². The van der Waals surface area contributed by atoms with Gasteiger partial charge in [-0.15, -0.1) is 0 Å². The fourth-order valence-electron chi connectivity index (χ4n) is 2.72. The zero-order chi connectivity index (χ0) is 21.3. The summed E-state index contributed by atoms with van der Waals surface area (Å²) in [5.74, 6) is 0.343. The first kappa shape index (κ1) is 19.9. The molecule has 0 radical (unpaired) electrons. The molecule has 0 aliphatic carbocycles. The molecule has 152 valence electrons. The molecule has 0 saturated carbocycles. The summed E-state index contributed by atoms with van der Waals surface area (Å²) < 4.78 is 44.8. The first-order valence-corrected chi connectivity index (χ1v) is 9.34. The van der Waals surface area contributed by atoms with Gasteiger partial charge in [0.05, 0.1) is 11.1 Å². The van der Waals surface area contributed by atoms with Gasteiger partial charge in [-0.25, -0.2) is 4.98 Å². The van der Waals surface area contributed by atoms with Crippen LogP contribution in [-0.4, -0.2) is 20.9 Å². The molecule has 0 spiro atoms. The minimum Gasteiger partial charge on any atom is -0.457 e. The van der Waals surface area contributed by atoms with Crippen LogP contribution in [0.3, 0.4) is 0 Å². The number of amides is 1. The fraction of sp³-hybridized carbons (Fsp3) is 0.0500. The zero-order valence-electron chi connectivity index (χ0n) is 15.0. The van der Waals surface area contributed by atoms with Crippen LogP contribution in [0.15, 0.2) is 65.4 Å². The number of benzene rings is 2. The lowest BCUT2D eigenvalue weighted by Crippen LogP contribution is -2.13. The number of ether oxygens (including phenoxy) is 1. The molecular formula is C20H12BrF3N4O2. The maximum atomic E-state index is 13.0. The standard InChI is InChI=1S/C20H12BrF3N4O2/c21-15-8-11(20(22,23)24)9-16-17(15)28-18(27-16)19(29)26-12-2-1-3-14(10-12)30-13-4-6-25-7-5-13/h1-10H,(H,26,29)(H,27,28). The number of imidazole rings is 1. The van der Waals surface area contributed by atoms with E-state index in [0.717, 1.165) is 12.1 Å². The Kier molecular flexibility index (Phi) is 5.17. The third-order valence-electron chi connectivity index (χ3n) is 4.06. The Bertz CT molecular complexity index is 1230. The van der Waals surface area contributed by atoms with Crippen LogP contribution in [0.25, 0.3) is 11.0 Å². The number of fused-ring (bicyclic) bond motifs is 1. The van der Waals surface area contributed by atoms with Gasteiger partial charge in [0.1, 0.15) is 17.0 Å². The SMILES string of the molecule is O=C(Nc1cccc(Oc2ccncc2)c1)c1nc2c(Br)cc(C(F)(F)F)cc2[nH]1. The van der Waals surface area contributed by atoms with Crippen molar-refractivity contribution in [1.82, 2.24) is 15.0 Å². The van der Waals surface area contributed by atoms with E-state index in [2.05, 4.69) is 36.2 Å². The molecule has 0 atom stereocenters. The average molecular weight is 477 g/mol. The normalized spacial score (nSPS) is 11.5. The van der Waals surface area contributed by atoms with Crippen molar-refractivity contribution < 1.29 is 22.7 Å². The van der Waals surface area contributed by atoms with Gasteiger partial charge in [-0.3, -0.25) is 9.78 Å². The van der Waals surface area contributed by atoms with E-state index in [0.29, 0.717) is 17.2 Å². The Labute approximate surface area is 176 Å². The summed E-state index contributed by atoms with van der Waals surface area (Å²) in [7, 11) is 0. The number of hydrogen-bond donors (Lipinski definition) is 2. The van der Waals surface area contributed by atoms with Crippen LogP contribution in [0, 0.1) is 0 Å². The lowest BCUT2D eigenvalue weighted by molar-refractivity contribution is -0.137. The Hall–Kier alpha value is -3.40. The van der Waals surface area contributed by atoms with E-state index in [1.165, 1.54) is 0 Å². The molecule has 10 heteroatoms. The molecule has 2 aromatic carbocycles. The molecule has 0 aliphatic rings. The van der Waals surface area contributed by atoms with Crippen molar-refractivity contribution in [1.29, 1.82) is 0 Å². The number of anilines is 1. The highest BCUT2D eigenvalue weighted by molar-refractivity contribution is 9.10. The maximum Gasteiger partial charge on any atom is 0.416 e. The number of aromatic nitrogens is 3. The first-order valence-electron chi connectivity index (χ1n) is 8.55. The molecule has 0 fully saturated rings. The number of carbonyl (C=O) groups excluding carboxylic acids is 1. The molecular weight excluding hydrogens is 465 g/mol. The van der Waals surface area contributed by atoms with Gasteiger partial charge < -0.3 is 15.0 Å². The van der Waals surface area contributed by atoms with Crippen molar-refractivity contribution >= 4 is 38.6 Å². The van der Waals surface area contributed by atoms with Gasteiger partial charge in [-0.1, -0.05) is 6.07 Å². The van der Waals surface area contributed by atoms with Gasteiger partial charge in [0, 0.05) is 28.6 Å². The lowest BCUT2D eigenvalue weighted by Gasteiger charge is -2.08. The second-order valence-electron chi connectivity index (χ2n) is 6.20. The average Bonchev–Trinajstić information content (AvgIpc) is 3.14. The number of carbonyl (C=O) groups is 1. The second-order valence-corrected chi connectivity index (χ2v) is 7.06. The number of nitrogens with zero attached hydrogens (tertiary/aromatic N) is 2. The fourth-order valence-corrected chi connectivity index (χ4v) is 3.27. The molecule has 0 aliphatic heterocycles. The Morgan fingerprint density at radius 2 is 1.83 bits per heavy atom. The molecule has 0 saturated heterocycles. The molecule has 4 aromatic rings. The lowest BCUT2D eigenvalue weighted by atomic mass is 10.2. The van der Waals surface area contributed by atoms with E-state index in [-0.39, 0.29) is 21.3 Å². The summed E-state index contributed by atoms with van der Waals surface area (Å²) in [6.07, 6.45) is -1.34. The van der Waals surface area contributed by atoms with Crippen molar-refractivity contribution in [2.75, 3.05) is 5.32 Å².